The maximum absolute atomic E-state index is 12.8. The van der Waals surface area contributed by atoms with Crippen LogP contribution in [-0.2, 0) is 9.59 Å². The van der Waals surface area contributed by atoms with Crippen molar-refractivity contribution in [3.63, 3.8) is 0 Å². The van der Waals surface area contributed by atoms with Crippen LogP contribution in [0.4, 0.5) is 0 Å². The number of hydrogen-bond acceptors (Lipinski definition) is 2. The minimum Gasteiger partial charge on any atom is -0.340 e. The molecule has 1 N–H and O–H groups in total. The molecule has 4 heteroatoms. The van der Waals surface area contributed by atoms with E-state index in [1.807, 2.05) is 4.90 Å². The summed E-state index contributed by atoms with van der Waals surface area (Å²) in [6.07, 6.45) is 8.77. The van der Waals surface area contributed by atoms with Crippen molar-refractivity contribution in [1.29, 1.82) is 0 Å². The molecule has 0 bridgehead atoms. The quantitative estimate of drug-likeness (QED) is 0.841. The predicted octanol–water partition coefficient (Wildman–Crippen LogP) is 2.08. The predicted molar refractivity (Wildman–Crippen MR) is 77.0 cm³/mol. The van der Waals surface area contributed by atoms with Crippen molar-refractivity contribution in [2.24, 2.45) is 11.8 Å². The van der Waals surface area contributed by atoms with Crippen molar-refractivity contribution in [2.75, 3.05) is 13.1 Å². The third-order valence-corrected chi connectivity index (χ3v) is 5.39. The van der Waals surface area contributed by atoms with Crippen molar-refractivity contribution < 1.29 is 9.59 Å². The SMILES string of the molecule is CC1CCCC(CN2CC(=O)NC3(CCCC3)C2=O)C1. The second kappa shape index (κ2) is 5.38. The van der Waals surface area contributed by atoms with Gasteiger partial charge in [-0.2, -0.15) is 0 Å². The van der Waals surface area contributed by atoms with Gasteiger partial charge < -0.3 is 10.2 Å². The topological polar surface area (TPSA) is 49.4 Å². The van der Waals surface area contributed by atoms with Crippen LogP contribution in [0.5, 0.6) is 0 Å². The maximum atomic E-state index is 12.8. The van der Waals surface area contributed by atoms with E-state index in [2.05, 4.69) is 12.2 Å². The molecule has 3 aliphatic rings. The minimum absolute atomic E-state index is 0.0374. The van der Waals surface area contributed by atoms with Gasteiger partial charge in [0.2, 0.25) is 11.8 Å². The number of amides is 2. The molecule has 1 spiro atoms. The van der Waals surface area contributed by atoms with Gasteiger partial charge in [0.25, 0.3) is 0 Å². The number of carbonyl (C=O) groups is 2. The lowest BCUT2D eigenvalue weighted by molar-refractivity contribution is -0.150. The second-order valence-corrected chi connectivity index (χ2v) is 7.16. The molecule has 1 heterocycles. The lowest BCUT2D eigenvalue weighted by atomic mass is 9.81. The molecule has 1 saturated heterocycles. The molecule has 3 rings (SSSR count). The fourth-order valence-corrected chi connectivity index (χ4v) is 4.41. The van der Waals surface area contributed by atoms with E-state index in [-0.39, 0.29) is 18.4 Å². The van der Waals surface area contributed by atoms with Crippen molar-refractivity contribution >= 4 is 11.8 Å². The summed E-state index contributed by atoms with van der Waals surface area (Å²) in [6.45, 7) is 3.36. The minimum atomic E-state index is -0.546. The van der Waals surface area contributed by atoms with Gasteiger partial charge in [0.05, 0.1) is 6.54 Å². The van der Waals surface area contributed by atoms with Crippen LogP contribution >= 0.6 is 0 Å². The average molecular weight is 278 g/mol. The first kappa shape index (κ1) is 13.9. The van der Waals surface area contributed by atoms with Gasteiger partial charge in [-0.15, -0.1) is 0 Å². The maximum Gasteiger partial charge on any atom is 0.248 e. The Balaban J connectivity index is 1.68. The Labute approximate surface area is 121 Å². The molecular weight excluding hydrogens is 252 g/mol. The summed E-state index contributed by atoms with van der Waals surface area (Å²) in [4.78, 5) is 26.6. The van der Waals surface area contributed by atoms with Gasteiger partial charge in [-0.3, -0.25) is 9.59 Å². The summed E-state index contributed by atoms with van der Waals surface area (Å²) >= 11 is 0. The zero-order valence-corrected chi connectivity index (χ0v) is 12.5. The van der Waals surface area contributed by atoms with E-state index >= 15 is 0 Å². The normalized spacial score (nSPS) is 33.5. The van der Waals surface area contributed by atoms with Crippen LogP contribution < -0.4 is 5.32 Å². The van der Waals surface area contributed by atoms with Gasteiger partial charge in [0.1, 0.15) is 5.54 Å². The molecular formula is C16H26N2O2. The van der Waals surface area contributed by atoms with Gasteiger partial charge in [0, 0.05) is 6.54 Å². The highest BCUT2D eigenvalue weighted by molar-refractivity contribution is 5.98. The van der Waals surface area contributed by atoms with E-state index in [0.29, 0.717) is 5.92 Å². The van der Waals surface area contributed by atoms with E-state index in [1.54, 1.807) is 0 Å². The van der Waals surface area contributed by atoms with Crippen LogP contribution in [0.1, 0.15) is 58.3 Å². The molecule has 0 aromatic carbocycles. The first-order valence-corrected chi connectivity index (χ1v) is 8.19. The summed E-state index contributed by atoms with van der Waals surface area (Å²) in [5.41, 5.74) is -0.546. The van der Waals surface area contributed by atoms with E-state index < -0.39 is 5.54 Å². The van der Waals surface area contributed by atoms with E-state index in [9.17, 15) is 9.59 Å². The number of hydrogen-bond donors (Lipinski definition) is 1. The Morgan fingerprint density at radius 2 is 1.95 bits per heavy atom. The fraction of sp³-hybridized carbons (Fsp3) is 0.875. The summed E-state index contributed by atoms with van der Waals surface area (Å²) in [7, 11) is 0. The molecule has 2 saturated carbocycles. The van der Waals surface area contributed by atoms with Crippen LogP contribution in [0.3, 0.4) is 0 Å². The Morgan fingerprint density at radius 1 is 1.20 bits per heavy atom. The zero-order valence-electron chi connectivity index (χ0n) is 12.5. The first-order chi connectivity index (χ1) is 9.59. The Hall–Kier alpha value is -1.06. The van der Waals surface area contributed by atoms with Gasteiger partial charge in [-0.05, 0) is 37.5 Å². The number of piperazine rings is 1. The molecule has 0 radical (unpaired) electrons. The van der Waals surface area contributed by atoms with Crippen LogP contribution in [-0.4, -0.2) is 35.3 Å². The number of carbonyl (C=O) groups excluding carboxylic acids is 2. The standard InChI is InChI=1S/C16H26N2O2/c1-12-5-4-6-13(9-12)10-18-11-14(19)17-16(15(18)20)7-2-3-8-16/h12-13H,2-11H2,1H3,(H,17,19). The summed E-state index contributed by atoms with van der Waals surface area (Å²) in [6, 6.07) is 0. The zero-order chi connectivity index (χ0) is 14.2. The molecule has 3 fully saturated rings. The molecule has 1 aliphatic heterocycles. The second-order valence-electron chi connectivity index (χ2n) is 7.16. The highest BCUT2D eigenvalue weighted by Crippen LogP contribution is 2.35. The molecule has 20 heavy (non-hydrogen) atoms. The third-order valence-electron chi connectivity index (χ3n) is 5.39. The highest BCUT2D eigenvalue weighted by atomic mass is 16.2. The molecule has 4 nitrogen and oxygen atoms in total. The lowest BCUT2D eigenvalue weighted by Crippen LogP contribution is -2.66. The first-order valence-electron chi connectivity index (χ1n) is 8.19. The smallest absolute Gasteiger partial charge is 0.248 e. The van der Waals surface area contributed by atoms with E-state index in [4.69, 9.17) is 0 Å². The molecule has 112 valence electrons. The Kier molecular flexibility index (Phi) is 3.74. The molecule has 2 aliphatic carbocycles. The van der Waals surface area contributed by atoms with Gasteiger partial charge >= 0.3 is 0 Å². The van der Waals surface area contributed by atoms with Crippen molar-refractivity contribution in [1.82, 2.24) is 10.2 Å². The largest absolute Gasteiger partial charge is 0.340 e. The monoisotopic (exact) mass is 278 g/mol. The van der Waals surface area contributed by atoms with E-state index in [0.717, 1.165) is 38.1 Å². The molecule has 2 unspecified atom stereocenters. The fourth-order valence-electron chi connectivity index (χ4n) is 4.41. The molecule has 2 amide bonds. The number of nitrogens with one attached hydrogen (secondary N) is 1. The lowest BCUT2D eigenvalue weighted by Gasteiger charge is -2.41. The highest BCUT2D eigenvalue weighted by Gasteiger charge is 2.48. The van der Waals surface area contributed by atoms with Crippen LogP contribution in [0.25, 0.3) is 0 Å². The average Bonchev–Trinajstić information content (AvgIpc) is 2.85. The molecule has 2 atom stereocenters. The summed E-state index contributed by atoms with van der Waals surface area (Å²) in [5.74, 6) is 1.58. The Morgan fingerprint density at radius 3 is 2.65 bits per heavy atom. The number of rotatable bonds is 2. The van der Waals surface area contributed by atoms with Crippen LogP contribution in [0.15, 0.2) is 0 Å². The van der Waals surface area contributed by atoms with Crippen LogP contribution in [0.2, 0.25) is 0 Å². The summed E-state index contributed by atoms with van der Waals surface area (Å²) in [5, 5.41) is 2.99. The number of nitrogens with zero attached hydrogens (tertiary/aromatic N) is 1. The van der Waals surface area contributed by atoms with Gasteiger partial charge in [-0.25, -0.2) is 0 Å². The third kappa shape index (κ3) is 2.57. The molecule has 0 aromatic heterocycles. The van der Waals surface area contributed by atoms with Crippen molar-refractivity contribution in [3.05, 3.63) is 0 Å². The van der Waals surface area contributed by atoms with Crippen molar-refractivity contribution in [2.45, 2.75) is 63.8 Å². The van der Waals surface area contributed by atoms with E-state index in [1.165, 1.54) is 25.7 Å². The van der Waals surface area contributed by atoms with Gasteiger partial charge in [-0.1, -0.05) is 32.6 Å². The Bertz CT molecular complexity index is 401. The van der Waals surface area contributed by atoms with Gasteiger partial charge in [0.15, 0.2) is 0 Å². The van der Waals surface area contributed by atoms with Crippen LogP contribution in [0, 0.1) is 11.8 Å². The van der Waals surface area contributed by atoms with Crippen molar-refractivity contribution in [3.8, 4) is 0 Å². The molecule has 0 aromatic rings. The summed E-state index contributed by atoms with van der Waals surface area (Å²) < 4.78 is 0.